The van der Waals surface area contributed by atoms with Gasteiger partial charge in [-0.15, -0.1) is 0 Å². The van der Waals surface area contributed by atoms with Crippen molar-refractivity contribution in [2.75, 3.05) is 5.32 Å². The Morgan fingerprint density at radius 1 is 1.37 bits per heavy atom. The molecule has 0 saturated carbocycles. The summed E-state index contributed by atoms with van der Waals surface area (Å²) in [4.78, 5) is 30.0. The minimum absolute atomic E-state index is 0.0278. The van der Waals surface area contributed by atoms with Crippen molar-refractivity contribution in [2.45, 2.75) is 13.8 Å². The first-order valence-electron chi connectivity index (χ1n) is 5.61. The van der Waals surface area contributed by atoms with Crippen LogP contribution in [0.2, 0.25) is 5.02 Å². The molecular formula is C13H12ClN3O2. The lowest BCUT2D eigenvalue weighted by Gasteiger charge is -2.08. The van der Waals surface area contributed by atoms with E-state index >= 15 is 0 Å². The van der Waals surface area contributed by atoms with Crippen LogP contribution in [0.4, 0.5) is 5.69 Å². The zero-order valence-electron chi connectivity index (χ0n) is 10.5. The number of H-pyrrole nitrogens is 1. The van der Waals surface area contributed by atoms with Crippen molar-refractivity contribution in [1.82, 2.24) is 9.97 Å². The molecule has 5 nitrogen and oxygen atoms in total. The van der Waals surface area contributed by atoms with E-state index in [9.17, 15) is 9.59 Å². The van der Waals surface area contributed by atoms with E-state index in [1.54, 1.807) is 25.1 Å². The Bertz CT molecular complexity index is 695. The summed E-state index contributed by atoms with van der Waals surface area (Å²) in [5, 5.41) is 3.24. The SMILES string of the molecule is Cc1ncc(C(=O)Nc2ccc(Cl)cc2C)c(=O)[nH]1. The molecule has 2 aromatic rings. The molecule has 0 radical (unpaired) electrons. The Morgan fingerprint density at radius 2 is 2.11 bits per heavy atom. The summed E-state index contributed by atoms with van der Waals surface area (Å²) in [6.07, 6.45) is 1.26. The van der Waals surface area contributed by atoms with Crippen LogP contribution in [0.5, 0.6) is 0 Å². The second-order valence-electron chi connectivity index (χ2n) is 4.12. The molecule has 0 aliphatic heterocycles. The second-order valence-corrected chi connectivity index (χ2v) is 4.56. The highest BCUT2D eigenvalue weighted by atomic mass is 35.5. The fourth-order valence-corrected chi connectivity index (χ4v) is 1.83. The van der Waals surface area contributed by atoms with E-state index in [1.165, 1.54) is 6.20 Å². The van der Waals surface area contributed by atoms with Crippen LogP contribution in [0.25, 0.3) is 0 Å². The van der Waals surface area contributed by atoms with Crippen molar-refractivity contribution in [1.29, 1.82) is 0 Å². The number of carbonyl (C=O) groups is 1. The molecule has 0 unspecified atom stereocenters. The number of nitrogens with zero attached hydrogens (tertiary/aromatic N) is 1. The lowest BCUT2D eigenvalue weighted by Crippen LogP contribution is -2.24. The maximum atomic E-state index is 12.0. The lowest BCUT2D eigenvalue weighted by molar-refractivity contribution is 0.102. The molecule has 0 aliphatic carbocycles. The van der Waals surface area contributed by atoms with Gasteiger partial charge in [0.2, 0.25) is 0 Å². The third kappa shape index (κ3) is 3.00. The number of anilines is 1. The molecule has 1 aromatic heterocycles. The van der Waals surface area contributed by atoms with Crippen molar-refractivity contribution in [3.05, 3.63) is 56.7 Å². The Hall–Kier alpha value is -2.14. The van der Waals surface area contributed by atoms with Gasteiger partial charge in [0.25, 0.3) is 11.5 Å². The molecule has 6 heteroatoms. The van der Waals surface area contributed by atoms with E-state index in [0.717, 1.165) is 5.56 Å². The molecule has 0 atom stereocenters. The molecule has 1 heterocycles. The van der Waals surface area contributed by atoms with Crippen molar-refractivity contribution < 1.29 is 4.79 Å². The maximum absolute atomic E-state index is 12.0. The topological polar surface area (TPSA) is 74.8 Å². The summed E-state index contributed by atoms with van der Waals surface area (Å²) >= 11 is 5.84. The Balaban J connectivity index is 2.28. The van der Waals surface area contributed by atoms with Gasteiger partial charge in [0, 0.05) is 16.9 Å². The van der Waals surface area contributed by atoms with Gasteiger partial charge in [0.05, 0.1) is 0 Å². The predicted molar refractivity (Wildman–Crippen MR) is 73.7 cm³/mol. The largest absolute Gasteiger partial charge is 0.322 e. The molecule has 2 N–H and O–H groups in total. The van der Waals surface area contributed by atoms with Crippen LogP contribution in [0.3, 0.4) is 0 Å². The number of halogens is 1. The van der Waals surface area contributed by atoms with E-state index in [4.69, 9.17) is 11.6 Å². The monoisotopic (exact) mass is 277 g/mol. The Labute approximate surface area is 114 Å². The standard InChI is InChI=1S/C13H12ClN3O2/c1-7-5-9(14)3-4-11(7)17-13(19)10-6-15-8(2)16-12(10)18/h3-6H,1-2H3,(H,17,19)(H,15,16,18). The fraction of sp³-hybridized carbons (Fsp3) is 0.154. The predicted octanol–water partition coefficient (Wildman–Crippen LogP) is 2.29. The molecule has 19 heavy (non-hydrogen) atoms. The summed E-state index contributed by atoms with van der Waals surface area (Å²) in [7, 11) is 0. The van der Waals surface area contributed by atoms with E-state index < -0.39 is 11.5 Å². The summed E-state index contributed by atoms with van der Waals surface area (Å²) in [6, 6.07) is 5.09. The molecule has 0 bridgehead atoms. The van der Waals surface area contributed by atoms with Gasteiger partial charge in [0.15, 0.2) is 0 Å². The minimum Gasteiger partial charge on any atom is -0.322 e. The highest BCUT2D eigenvalue weighted by molar-refractivity contribution is 6.30. The Morgan fingerprint density at radius 3 is 2.74 bits per heavy atom. The maximum Gasteiger partial charge on any atom is 0.263 e. The van der Waals surface area contributed by atoms with Gasteiger partial charge >= 0.3 is 0 Å². The normalized spacial score (nSPS) is 10.3. The minimum atomic E-state index is -0.501. The molecule has 0 spiro atoms. The smallest absolute Gasteiger partial charge is 0.263 e. The number of hydrogen-bond acceptors (Lipinski definition) is 3. The van der Waals surface area contributed by atoms with E-state index in [2.05, 4.69) is 15.3 Å². The number of hydrogen-bond donors (Lipinski definition) is 2. The average Bonchev–Trinajstić information content (AvgIpc) is 2.32. The van der Waals surface area contributed by atoms with Crippen LogP contribution < -0.4 is 10.9 Å². The lowest BCUT2D eigenvalue weighted by atomic mass is 10.2. The summed E-state index contributed by atoms with van der Waals surface area (Å²) in [5.74, 6) is -0.0385. The van der Waals surface area contributed by atoms with Gasteiger partial charge in [-0.05, 0) is 37.6 Å². The van der Waals surface area contributed by atoms with Crippen LogP contribution in [-0.4, -0.2) is 15.9 Å². The second kappa shape index (κ2) is 5.24. The van der Waals surface area contributed by atoms with Crippen molar-refractivity contribution >= 4 is 23.2 Å². The van der Waals surface area contributed by atoms with E-state index in [0.29, 0.717) is 16.5 Å². The highest BCUT2D eigenvalue weighted by Crippen LogP contribution is 2.19. The summed E-state index contributed by atoms with van der Waals surface area (Å²) in [6.45, 7) is 3.46. The van der Waals surface area contributed by atoms with Crippen molar-refractivity contribution in [2.24, 2.45) is 0 Å². The zero-order valence-corrected chi connectivity index (χ0v) is 11.2. The van der Waals surface area contributed by atoms with Crippen LogP contribution in [0.15, 0.2) is 29.2 Å². The molecule has 1 aromatic carbocycles. The molecule has 0 saturated heterocycles. The third-order valence-electron chi connectivity index (χ3n) is 2.61. The first kappa shape index (κ1) is 13.3. The molecule has 1 amide bonds. The number of amides is 1. The summed E-state index contributed by atoms with van der Waals surface area (Å²) in [5.41, 5.74) is 0.934. The van der Waals surface area contributed by atoms with E-state index in [1.807, 2.05) is 6.92 Å². The highest BCUT2D eigenvalue weighted by Gasteiger charge is 2.12. The number of benzene rings is 1. The van der Waals surface area contributed by atoms with E-state index in [-0.39, 0.29) is 5.56 Å². The van der Waals surface area contributed by atoms with Gasteiger partial charge in [-0.2, -0.15) is 0 Å². The first-order valence-corrected chi connectivity index (χ1v) is 5.98. The van der Waals surface area contributed by atoms with Crippen LogP contribution in [0, 0.1) is 13.8 Å². The molecule has 0 fully saturated rings. The van der Waals surface area contributed by atoms with Crippen LogP contribution in [0.1, 0.15) is 21.7 Å². The number of carbonyl (C=O) groups excluding carboxylic acids is 1. The quantitative estimate of drug-likeness (QED) is 0.884. The van der Waals surface area contributed by atoms with Crippen molar-refractivity contribution in [3.8, 4) is 0 Å². The fourth-order valence-electron chi connectivity index (χ4n) is 1.60. The van der Waals surface area contributed by atoms with Crippen molar-refractivity contribution in [3.63, 3.8) is 0 Å². The number of aryl methyl sites for hydroxylation is 2. The van der Waals surface area contributed by atoms with Gasteiger partial charge in [-0.25, -0.2) is 4.98 Å². The van der Waals surface area contributed by atoms with Crippen LogP contribution in [-0.2, 0) is 0 Å². The van der Waals surface area contributed by atoms with Gasteiger partial charge in [0.1, 0.15) is 11.4 Å². The molecule has 98 valence electrons. The zero-order chi connectivity index (χ0) is 14.0. The van der Waals surface area contributed by atoms with Gasteiger partial charge in [-0.3, -0.25) is 9.59 Å². The van der Waals surface area contributed by atoms with Crippen LogP contribution >= 0.6 is 11.6 Å². The number of aromatic nitrogens is 2. The number of nitrogens with one attached hydrogen (secondary N) is 2. The first-order chi connectivity index (χ1) is 8.97. The third-order valence-corrected chi connectivity index (χ3v) is 2.84. The number of rotatable bonds is 2. The van der Waals surface area contributed by atoms with Gasteiger partial charge in [-0.1, -0.05) is 11.6 Å². The molecule has 0 aliphatic rings. The van der Waals surface area contributed by atoms with Gasteiger partial charge < -0.3 is 10.3 Å². The Kier molecular flexibility index (Phi) is 3.66. The summed E-state index contributed by atoms with van der Waals surface area (Å²) < 4.78 is 0. The molecule has 2 rings (SSSR count). The number of aromatic amines is 1. The molecular weight excluding hydrogens is 266 g/mol. The average molecular weight is 278 g/mol.